The number of fused-ring (bicyclic) bond motifs is 3. The first kappa shape index (κ1) is 21.7. The molecule has 5 atom stereocenters. The number of nitrogens with one attached hydrogen (secondary N) is 2. The van der Waals surface area contributed by atoms with Gasteiger partial charge in [0.05, 0.1) is 0 Å². The number of hydrogen-bond donors (Lipinski definition) is 3. The standard InChI is InChI=1S/C29H35N3O3/c1-28-12-17-10-20(26(34)30-14-16-6-4-3-5-7-16)27(35)31-23(17)13-29(28)21-11-18(33)8-9-19(21)24-22(29)15-32(2)25(24)28/h8-11,16,22,24-25,33H,3-7,12-15H2,1-2H3,(H,30,34)(H,31,35)/t22?,24?,25-,28+,29?/m1/s1. The Morgan fingerprint density at radius 3 is 2.80 bits per heavy atom. The maximum atomic E-state index is 13.1. The maximum Gasteiger partial charge on any atom is 0.261 e. The van der Waals surface area contributed by atoms with E-state index < -0.39 is 0 Å². The molecule has 35 heavy (non-hydrogen) atoms. The first-order valence-electron chi connectivity index (χ1n) is 13.4. The van der Waals surface area contributed by atoms with E-state index in [2.05, 4.69) is 35.2 Å². The van der Waals surface area contributed by atoms with E-state index in [9.17, 15) is 14.7 Å². The molecule has 184 valence electrons. The van der Waals surface area contributed by atoms with E-state index in [4.69, 9.17) is 0 Å². The third-order valence-corrected chi connectivity index (χ3v) is 10.7. The van der Waals surface area contributed by atoms with Crippen LogP contribution < -0.4 is 10.9 Å². The molecule has 7 rings (SSSR count). The molecule has 1 aromatic carbocycles. The quantitative estimate of drug-likeness (QED) is 0.637. The molecule has 3 unspecified atom stereocenters. The minimum absolute atomic E-state index is 0.0167. The minimum Gasteiger partial charge on any atom is -0.508 e. The van der Waals surface area contributed by atoms with Crippen LogP contribution in [0.15, 0.2) is 29.1 Å². The van der Waals surface area contributed by atoms with Crippen LogP contribution in [0, 0.1) is 17.3 Å². The molecule has 0 radical (unpaired) electrons. The van der Waals surface area contributed by atoms with Gasteiger partial charge in [-0.1, -0.05) is 32.3 Å². The van der Waals surface area contributed by atoms with Crippen LogP contribution in [0.2, 0.25) is 0 Å². The number of aromatic amines is 1. The van der Waals surface area contributed by atoms with Gasteiger partial charge in [0, 0.05) is 36.2 Å². The van der Waals surface area contributed by atoms with Crippen molar-refractivity contribution in [3.8, 4) is 5.75 Å². The lowest BCUT2D eigenvalue weighted by molar-refractivity contribution is 0.00276. The van der Waals surface area contributed by atoms with Gasteiger partial charge in [0.15, 0.2) is 0 Å². The summed E-state index contributed by atoms with van der Waals surface area (Å²) < 4.78 is 0. The van der Waals surface area contributed by atoms with Gasteiger partial charge in [-0.25, -0.2) is 0 Å². The fraction of sp³-hybridized carbons (Fsp3) is 0.586. The predicted octanol–water partition coefficient (Wildman–Crippen LogP) is 3.47. The van der Waals surface area contributed by atoms with Crippen LogP contribution in [-0.4, -0.2) is 47.1 Å². The summed E-state index contributed by atoms with van der Waals surface area (Å²) in [6.45, 7) is 4.11. The van der Waals surface area contributed by atoms with Crippen molar-refractivity contribution in [2.75, 3.05) is 20.1 Å². The molecule has 1 aliphatic heterocycles. The molecule has 3 N–H and O–H groups in total. The molecule has 2 saturated carbocycles. The van der Waals surface area contributed by atoms with Gasteiger partial charge in [-0.05, 0) is 84.9 Å². The van der Waals surface area contributed by atoms with Crippen molar-refractivity contribution in [1.29, 1.82) is 0 Å². The number of likely N-dealkylation sites (N-methyl/N-ethyl adjacent to an activating group) is 1. The molecule has 2 heterocycles. The van der Waals surface area contributed by atoms with Gasteiger partial charge in [0.2, 0.25) is 0 Å². The van der Waals surface area contributed by atoms with E-state index in [0.717, 1.165) is 43.5 Å². The van der Waals surface area contributed by atoms with Crippen LogP contribution in [0.3, 0.4) is 0 Å². The van der Waals surface area contributed by atoms with E-state index in [1.807, 2.05) is 18.2 Å². The second kappa shape index (κ2) is 7.22. The van der Waals surface area contributed by atoms with Crippen molar-refractivity contribution in [2.45, 2.75) is 69.2 Å². The lowest BCUT2D eigenvalue weighted by atomic mass is 9.50. The molecule has 1 aromatic heterocycles. The van der Waals surface area contributed by atoms with Gasteiger partial charge in [0.1, 0.15) is 11.3 Å². The second-order valence-electron chi connectivity index (χ2n) is 12.3. The topological polar surface area (TPSA) is 85.4 Å². The Labute approximate surface area is 206 Å². The lowest BCUT2D eigenvalue weighted by Gasteiger charge is -2.58. The van der Waals surface area contributed by atoms with E-state index in [1.165, 1.54) is 30.4 Å². The highest BCUT2D eigenvalue weighted by molar-refractivity contribution is 5.94. The van der Waals surface area contributed by atoms with Crippen LogP contribution in [0.5, 0.6) is 5.75 Å². The Bertz CT molecular complexity index is 1290. The molecular weight excluding hydrogens is 438 g/mol. The van der Waals surface area contributed by atoms with Crippen LogP contribution in [0.25, 0.3) is 0 Å². The summed E-state index contributed by atoms with van der Waals surface area (Å²) >= 11 is 0. The average molecular weight is 474 g/mol. The fourth-order valence-corrected chi connectivity index (χ4v) is 9.36. The maximum absolute atomic E-state index is 13.1. The smallest absolute Gasteiger partial charge is 0.261 e. The average Bonchev–Trinajstić information content (AvgIpc) is 3.39. The summed E-state index contributed by atoms with van der Waals surface area (Å²) in [6.07, 6.45) is 7.68. The number of H-pyrrole nitrogens is 1. The van der Waals surface area contributed by atoms with Crippen LogP contribution in [0.4, 0.5) is 0 Å². The molecule has 5 aliphatic rings. The van der Waals surface area contributed by atoms with E-state index >= 15 is 0 Å². The van der Waals surface area contributed by atoms with Crippen molar-refractivity contribution in [3.05, 3.63) is 62.6 Å². The predicted molar refractivity (Wildman–Crippen MR) is 134 cm³/mol. The zero-order valence-electron chi connectivity index (χ0n) is 20.7. The number of aromatic hydroxyl groups is 1. The molecule has 4 bridgehead atoms. The number of piperidine rings is 1. The Kier molecular flexibility index (Phi) is 4.47. The van der Waals surface area contributed by atoms with Crippen LogP contribution >= 0.6 is 0 Å². The number of amides is 1. The van der Waals surface area contributed by atoms with Gasteiger partial charge in [-0.15, -0.1) is 0 Å². The van der Waals surface area contributed by atoms with Crippen LogP contribution in [0.1, 0.15) is 77.7 Å². The number of aromatic nitrogens is 1. The van der Waals surface area contributed by atoms with Gasteiger partial charge < -0.3 is 20.3 Å². The number of pyridine rings is 1. The summed E-state index contributed by atoms with van der Waals surface area (Å²) in [4.78, 5) is 31.8. The number of carbonyl (C=O) groups is 1. The Morgan fingerprint density at radius 2 is 2.00 bits per heavy atom. The second-order valence-corrected chi connectivity index (χ2v) is 12.3. The number of likely N-dealkylation sites (tertiary alicyclic amines) is 1. The zero-order valence-corrected chi connectivity index (χ0v) is 20.7. The number of carbonyl (C=O) groups excluding carboxylic acids is 1. The highest BCUT2D eigenvalue weighted by atomic mass is 16.3. The molecule has 6 nitrogen and oxygen atoms in total. The number of nitrogens with zero attached hydrogens (tertiary/aromatic N) is 1. The number of phenols is 1. The summed E-state index contributed by atoms with van der Waals surface area (Å²) in [5.41, 5.74) is 4.59. The first-order chi connectivity index (χ1) is 16.8. The zero-order chi connectivity index (χ0) is 24.1. The summed E-state index contributed by atoms with van der Waals surface area (Å²) in [5, 5.41) is 13.4. The third kappa shape index (κ3) is 2.69. The molecular formula is C29H35N3O3. The van der Waals surface area contributed by atoms with Crippen molar-refractivity contribution < 1.29 is 9.90 Å². The van der Waals surface area contributed by atoms with E-state index in [1.54, 1.807) is 0 Å². The first-order valence-corrected chi connectivity index (χ1v) is 13.4. The van der Waals surface area contributed by atoms with E-state index in [0.29, 0.717) is 36.1 Å². The summed E-state index contributed by atoms with van der Waals surface area (Å²) in [6, 6.07) is 8.24. The monoisotopic (exact) mass is 473 g/mol. The molecule has 1 spiro atoms. The Balaban J connectivity index is 1.26. The minimum atomic E-state index is -0.282. The Hall–Kier alpha value is -2.60. The summed E-state index contributed by atoms with van der Waals surface area (Å²) in [7, 11) is 2.24. The lowest BCUT2D eigenvalue weighted by Crippen LogP contribution is -2.62. The number of hydrogen-bond acceptors (Lipinski definition) is 4. The molecule has 1 amide bonds. The third-order valence-electron chi connectivity index (χ3n) is 10.7. The van der Waals surface area contributed by atoms with E-state index in [-0.39, 0.29) is 27.9 Å². The number of rotatable bonds is 3. The number of phenolic OH excluding ortho intramolecular Hbond substituents is 1. The number of benzene rings is 1. The molecule has 1 saturated heterocycles. The molecule has 4 aliphatic carbocycles. The fourth-order valence-electron chi connectivity index (χ4n) is 9.36. The highest BCUT2D eigenvalue weighted by Crippen LogP contribution is 2.76. The van der Waals surface area contributed by atoms with Crippen molar-refractivity contribution in [1.82, 2.24) is 15.2 Å². The van der Waals surface area contributed by atoms with Gasteiger partial charge in [-0.3, -0.25) is 9.59 Å². The van der Waals surface area contributed by atoms with Crippen molar-refractivity contribution in [2.24, 2.45) is 17.3 Å². The van der Waals surface area contributed by atoms with Gasteiger partial charge in [-0.2, -0.15) is 0 Å². The van der Waals surface area contributed by atoms with Crippen molar-refractivity contribution in [3.63, 3.8) is 0 Å². The molecule has 6 heteroatoms. The van der Waals surface area contributed by atoms with Crippen LogP contribution in [-0.2, 0) is 18.3 Å². The normalized spacial score (nSPS) is 35.0. The van der Waals surface area contributed by atoms with Crippen molar-refractivity contribution >= 4 is 5.91 Å². The summed E-state index contributed by atoms with van der Waals surface area (Å²) in [5.74, 6) is 1.54. The largest absolute Gasteiger partial charge is 0.508 e. The molecule has 2 aromatic rings. The highest BCUT2D eigenvalue weighted by Gasteiger charge is 2.76. The molecule has 3 fully saturated rings. The SMILES string of the molecule is CN1CC2C3c4ccc(O)cc4C24Cc2[nH]c(=O)c(C(=O)NCC5CCCCC5)cc2C[C@@]4(C)[C@@H]31. The Morgan fingerprint density at radius 1 is 1.20 bits per heavy atom. The van der Waals surface area contributed by atoms with Gasteiger partial charge in [0.25, 0.3) is 11.5 Å². The van der Waals surface area contributed by atoms with Gasteiger partial charge >= 0.3 is 0 Å².